The lowest BCUT2D eigenvalue weighted by Gasteiger charge is -2.33. The highest BCUT2D eigenvalue weighted by molar-refractivity contribution is 5.95. The predicted molar refractivity (Wildman–Crippen MR) is 95.0 cm³/mol. The number of nitrogens with zero attached hydrogens (tertiary/aromatic N) is 2. The van der Waals surface area contributed by atoms with E-state index in [2.05, 4.69) is 5.32 Å². The fourth-order valence-corrected chi connectivity index (χ4v) is 2.86. The zero-order valence-electron chi connectivity index (χ0n) is 14.5. The zero-order valence-corrected chi connectivity index (χ0v) is 14.5. The first kappa shape index (κ1) is 18.5. The van der Waals surface area contributed by atoms with Crippen molar-refractivity contribution in [3.8, 4) is 0 Å². The van der Waals surface area contributed by atoms with Gasteiger partial charge in [0.1, 0.15) is 0 Å². The average molecular weight is 363 g/mol. The van der Waals surface area contributed by atoms with Crippen LogP contribution >= 0.6 is 0 Å². The van der Waals surface area contributed by atoms with Gasteiger partial charge in [-0.15, -0.1) is 0 Å². The molecule has 5 nitrogen and oxygen atoms in total. The normalized spacial score (nSPS) is 18.5. The lowest BCUT2D eigenvalue weighted by molar-refractivity contribution is -0.127. The number of carbonyl (C=O) groups excluding carboxylic acids is 2. The van der Waals surface area contributed by atoms with Crippen molar-refractivity contribution >= 4 is 17.9 Å². The molecular weight excluding hydrogens is 340 g/mol. The molecule has 0 unspecified atom stereocenters. The van der Waals surface area contributed by atoms with Crippen LogP contribution in [0.2, 0.25) is 0 Å². The minimum atomic E-state index is -2.34. The third kappa shape index (κ3) is 5.36. The molecule has 1 aliphatic carbocycles. The van der Waals surface area contributed by atoms with Gasteiger partial charge in [-0.1, -0.05) is 12.1 Å². The largest absolute Gasteiger partial charge is 0.349 e. The van der Waals surface area contributed by atoms with E-state index in [0.717, 1.165) is 18.4 Å². The van der Waals surface area contributed by atoms with Crippen molar-refractivity contribution in [3.05, 3.63) is 41.5 Å². The van der Waals surface area contributed by atoms with Gasteiger partial charge in [-0.05, 0) is 36.6 Å². The minimum Gasteiger partial charge on any atom is -0.349 e. The first-order valence-corrected chi connectivity index (χ1v) is 8.89. The van der Waals surface area contributed by atoms with Gasteiger partial charge in [-0.25, -0.2) is 8.78 Å². The number of nitrogens with one attached hydrogen (secondary N) is 1. The number of piperazine rings is 1. The monoisotopic (exact) mass is 363 g/mol. The molecule has 140 valence electrons. The fourth-order valence-electron chi connectivity index (χ4n) is 2.86. The average Bonchev–Trinajstić information content (AvgIpc) is 3.44. The van der Waals surface area contributed by atoms with E-state index in [0.29, 0.717) is 37.8 Å². The van der Waals surface area contributed by atoms with E-state index in [4.69, 9.17) is 0 Å². The molecule has 1 aromatic carbocycles. The standard InChI is InChI=1S/C19H23F2N3O2/c20-17(21)13-23-9-11-24(12-10-23)18(25)8-3-14-1-4-15(5-2-14)19(26)22-16-6-7-16/h1-5,8,16-17H,6-7,9-13H2,(H,22,26)/b8-3+. The van der Waals surface area contributed by atoms with Crippen LogP contribution in [0.15, 0.2) is 30.3 Å². The van der Waals surface area contributed by atoms with Crippen molar-refractivity contribution < 1.29 is 18.4 Å². The summed E-state index contributed by atoms with van der Waals surface area (Å²) in [5, 5.41) is 2.93. The first-order valence-electron chi connectivity index (χ1n) is 8.89. The number of benzene rings is 1. The van der Waals surface area contributed by atoms with Crippen LogP contribution in [0, 0.1) is 0 Å². The van der Waals surface area contributed by atoms with E-state index < -0.39 is 6.43 Å². The van der Waals surface area contributed by atoms with Crippen LogP contribution in [0.3, 0.4) is 0 Å². The third-order valence-electron chi connectivity index (χ3n) is 4.58. The van der Waals surface area contributed by atoms with Crippen LogP contribution in [0.5, 0.6) is 0 Å². The molecule has 1 aliphatic heterocycles. The summed E-state index contributed by atoms with van der Waals surface area (Å²) < 4.78 is 24.7. The van der Waals surface area contributed by atoms with Gasteiger partial charge in [0.15, 0.2) is 0 Å². The maximum absolute atomic E-state index is 12.4. The Labute approximate surface area is 151 Å². The molecule has 0 atom stereocenters. The number of rotatable bonds is 6. The fraction of sp³-hybridized carbons (Fsp3) is 0.474. The molecule has 0 radical (unpaired) electrons. The number of hydrogen-bond donors (Lipinski definition) is 1. The highest BCUT2D eigenvalue weighted by Gasteiger charge is 2.24. The third-order valence-corrected chi connectivity index (χ3v) is 4.58. The first-order chi connectivity index (χ1) is 12.5. The SMILES string of the molecule is O=C(NC1CC1)c1ccc(/C=C/C(=O)N2CCN(CC(F)F)CC2)cc1. The van der Waals surface area contributed by atoms with E-state index in [1.165, 1.54) is 6.08 Å². The Hall–Kier alpha value is -2.28. The van der Waals surface area contributed by atoms with Gasteiger partial charge < -0.3 is 10.2 Å². The van der Waals surface area contributed by atoms with Crippen LogP contribution in [0.4, 0.5) is 8.78 Å². The van der Waals surface area contributed by atoms with Gasteiger partial charge in [0.25, 0.3) is 12.3 Å². The summed E-state index contributed by atoms with van der Waals surface area (Å²) >= 11 is 0. The number of alkyl halides is 2. The Balaban J connectivity index is 1.48. The Kier molecular flexibility index (Phi) is 5.98. The van der Waals surface area contributed by atoms with Crippen molar-refractivity contribution in [2.45, 2.75) is 25.3 Å². The van der Waals surface area contributed by atoms with Gasteiger partial charge >= 0.3 is 0 Å². The highest BCUT2D eigenvalue weighted by atomic mass is 19.3. The Bertz CT molecular complexity index is 664. The smallest absolute Gasteiger partial charge is 0.251 e. The van der Waals surface area contributed by atoms with Crippen LogP contribution in [0.1, 0.15) is 28.8 Å². The molecule has 7 heteroatoms. The van der Waals surface area contributed by atoms with Crippen molar-refractivity contribution in [2.24, 2.45) is 0 Å². The summed E-state index contributed by atoms with van der Waals surface area (Å²) in [6, 6.07) is 7.40. The summed E-state index contributed by atoms with van der Waals surface area (Å²) in [6.45, 7) is 1.61. The second-order valence-electron chi connectivity index (χ2n) is 6.72. The molecule has 0 bridgehead atoms. The molecule has 1 saturated carbocycles. The van der Waals surface area contributed by atoms with E-state index >= 15 is 0 Å². The van der Waals surface area contributed by atoms with Crippen LogP contribution in [-0.2, 0) is 4.79 Å². The molecular formula is C19H23F2N3O2. The second kappa shape index (κ2) is 8.40. The lowest BCUT2D eigenvalue weighted by atomic mass is 10.1. The van der Waals surface area contributed by atoms with Crippen molar-refractivity contribution in [3.63, 3.8) is 0 Å². The Morgan fingerprint density at radius 1 is 1.12 bits per heavy atom. The van der Waals surface area contributed by atoms with Crippen molar-refractivity contribution in [2.75, 3.05) is 32.7 Å². The summed E-state index contributed by atoms with van der Waals surface area (Å²) in [5.41, 5.74) is 1.44. The summed E-state index contributed by atoms with van der Waals surface area (Å²) in [6.07, 6.45) is 2.95. The maximum atomic E-state index is 12.4. The van der Waals surface area contributed by atoms with Crippen molar-refractivity contribution in [1.82, 2.24) is 15.1 Å². The van der Waals surface area contributed by atoms with Crippen molar-refractivity contribution in [1.29, 1.82) is 0 Å². The van der Waals surface area contributed by atoms with Crippen LogP contribution < -0.4 is 5.32 Å². The second-order valence-corrected chi connectivity index (χ2v) is 6.72. The van der Waals surface area contributed by atoms with Crippen LogP contribution in [-0.4, -0.2) is 66.8 Å². The topological polar surface area (TPSA) is 52.7 Å². The molecule has 3 rings (SSSR count). The highest BCUT2D eigenvalue weighted by Crippen LogP contribution is 2.19. The van der Waals surface area contributed by atoms with E-state index in [1.54, 1.807) is 40.1 Å². The van der Waals surface area contributed by atoms with Gasteiger partial charge in [0, 0.05) is 43.9 Å². The quantitative estimate of drug-likeness (QED) is 0.787. The summed E-state index contributed by atoms with van der Waals surface area (Å²) in [7, 11) is 0. The van der Waals surface area contributed by atoms with E-state index in [9.17, 15) is 18.4 Å². The molecule has 26 heavy (non-hydrogen) atoms. The number of halogens is 2. The minimum absolute atomic E-state index is 0.0687. The molecule has 1 saturated heterocycles. The summed E-state index contributed by atoms with van der Waals surface area (Å²) in [5.74, 6) is -0.196. The molecule has 0 spiro atoms. The molecule has 2 aliphatic rings. The number of carbonyl (C=O) groups is 2. The molecule has 0 aromatic heterocycles. The molecule has 1 N–H and O–H groups in total. The van der Waals surface area contributed by atoms with Gasteiger partial charge in [-0.2, -0.15) is 0 Å². The van der Waals surface area contributed by atoms with E-state index in [1.807, 2.05) is 0 Å². The molecule has 2 fully saturated rings. The van der Waals surface area contributed by atoms with Gasteiger partial charge in [0.2, 0.25) is 5.91 Å². The molecule has 1 heterocycles. The predicted octanol–water partition coefficient (Wildman–Crippen LogP) is 2.00. The molecule has 1 aromatic rings. The number of amides is 2. The maximum Gasteiger partial charge on any atom is 0.251 e. The van der Waals surface area contributed by atoms with E-state index in [-0.39, 0.29) is 18.4 Å². The van der Waals surface area contributed by atoms with Gasteiger partial charge in [-0.3, -0.25) is 14.5 Å². The summed E-state index contributed by atoms with van der Waals surface area (Å²) in [4.78, 5) is 27.5. The Morgan fingerprint density at radius 2 is 1.77 bits per heavy atom. The lowest BCUT2D eigenvalue weighted by Crippen LogP contribution is -2.49. The molecule has 2 amide bonds. The Morgan fingerprint density at radius 3 is 2.35 bits per heavy atom. The van der Waals surface area contributed by atoms with Gasteiger partial charge in [0.05, 0.1) is 6.54 Å². The van der Waals surface area contributed by atoms with Crippen LogP contribution in [0.25, 0.3) is 6.08 Å². The number of hydrogen-bond acceptors (Lipinski definition) is 3. The zero-order chi connectivity index (χ0) is 18.5.